The highest BCUT2D eigenvalue weighted by molar-refractivity contribution is 5.23. The molecule has 0 fully saturated rings. The maximum atomic E-state index is 5.05. The fourth-order valence-electron chi connectivity index (χ4n) is 0.735. The molecular formula is C6H13N7. The number of nitrogens with two attached hydrogens (primary N) is 1. The lowest BCUT2D eigenvalue weighted by molar-refractivity contribution is 0.800. The van der Waals surface area contributed by atoms with Crippen LogP contribution >= 0.6 is 0 Å². The third kappa shape index (κ3) is 3.16. The van der Waals surface area contributed by atoms with Crippen LogP contribution in [0.5, 0.6) is 0 Å². The van der Waals surface area contributed by atoms with Gasteiger partial charge in [-0.05, 0) is 6.42 Å². The lowest BCUT2D eigenvalue weighted by Crippen LogP contribution is -2.14. The van der Waals surface area contributed by atoms with E-state index in [1.165, 1.54) is 0 Å². The Kier molecular flexibility index (Phi) is 3.83. The number of hydrogen-bond acceptors (Lipinski definition) is 7. The van der Waals surface area contributed by atoms with Crippen LogP contribution < -0.4 is 16.6 Å². The van der Waals surface area contributed by atoms with Crippen molar-refractivity contribution < 1.29 is 0 Å². The standard InChI is InChI=1S/C6H13N7/c1-2-3-4-8-5-10-12-6(9-7)13-11-5/h2-4,7H2,1H3,(H,8,10,11)(H,9,12,13). The van der Waals surface area contributed by atoms with E-state index in [0.717, 1.165) is 19.4 Å². The van der Waals surface area contributed by atoms with Crippen LogP contribution in [0.1, 0.15) is 19.8 Å². The first-order valence-corrected chi connectivity index (χ1v) is 4.14. The summed E-state index contributed by atoms with van der Waals surface area (Å²) >= 11 is 0. The van der Waals surface area contributed by atoms with Crippen LogP contribution in [-0.2, 0) is 0 Å². The van der Waals surface area contributed by atoms with Gasteiger partial charge in [-0.25, -0.2) is 5.84 Å². The molecule has 7 nitrogen and oxygen atoms in total. The molecule has 0 aliphatic heterocycles. The van der Waals surface area contributed by atoms with Crippen molar-refractivity contribution in [1.29, 1.82) is 0 Å². The van der Waals surface area contributed by atoms with Crippen LogP contribution in [0.25, 0.3) is 0 Å². The molecule has 0 aromatic carbocycles. The van der Waals surface area contributed by atoms with Gasteiger partial charge >= 0.3 is 0 Å². The largest absolute Gasteiger partial charge is 0.352 e. The van der Waals surface area contributed by atoms with E-state index in [2.05, 4.69) is 38.1 Å². The van der Waals surface area contributed by atoms with Crippen LogP contribution in [0.15, 0.2) is 0 Å². The second-order valence-electron chi connectivity index (χ2n) is 2.47. The van der Waals surface area contributed by atoms with Crippen molar-refractivity contribution in [2.45, 2.75) is 19.8 Å². The van der Waals surface area contributed by atoms with E-state index >= 15 is 0 Å². The first-order chi connectivity index (χ1) is 6.36. The summed E-state index contributed by atoms with van der Waals surface area (Å²) in [4.78, 5) is 0. The van der Waals surface area contributed by atoms with Gasteiger partial charge in [0.05, 0.1) is 0 Å². The number of aromatic nitrogens is 4. The second kappa shape index (κ2) is 5.20. The summed E-state index contributed by atoms with van der Waals surface area (Å²) in [6.45, 7) is 2.94. The molecular weight excluding hydrogens is 170 g/mol. The minimum Gasteiger partial charge on any atom is -0.352 e. The van der Waals surface area contributed by atoms with Gasteiger partial charge in [-0.2, -0.15) is 0 Å². The number of rotatable bonds is 5. The molecule has 0 aliphatic rings. The van der Waals surface area contributed by atoms with Crippen molar-refractivity contribution in [3.63, 3.8) is 0 Å². The molecule has 72 valence electrons. The first-order valence-electron chi connectivity index (χ1n) is 4.14. The molecule has 0 spiro atoms. The fraction of sp³-hybridized carbons (Fsp3) is 0.667. The topological polar surface area (TPSA) is 102 Å². The third-order valence-electron chi connectivity index (χ3n) is 1.42. The summed E-state index contributed by atoms with van der Waals surface area (Å²) in [5.74, 6) is 5.68. The highest BCUT2D eigenvalue weighted by atomic mass is 15.4. The highest BCUT2D eigenvalue weighted by Crippen LogP contribution is 1.95. The Bertz CT molecular complexity index is 233. The van der Waals surface area contributed by atoms with Gasteiger partial charge in [0.2, 0.25) is 0 Å². The van der Waals surface area contributed by atoms with Gasteiger partial charge in [-0.15, -0.1) is 20.4 Å². The molecule has 1 aromatic heterocycles. The number of nitrogen functional groups attached to an aromatic ring is 1. The number of hydrogen-bond donors (Lipinski definition) is 3. The molecule has 0 amide bonds. The number of nitrogens with one attached hydrogen (secondary N) is 2. The maximum Gasteiger partial charge on any atom is 0.276 e. The third-order valence-corrected chi connectivity index (χ3v) is 1.42. The van der Waals surface area contributed by atoms with Crippen molar-refractivity contribution >= 4 is 11.9 Å². The lowest BCUT2D eigenvalue weighted by atomic mass is 10.3. The molecule has 1 aromatic rings. The predicted molar refractivity (Wildman–Crippen MR) is 48.8 cm³/mol. The van der Waals surface area contributed by atoms with E-state index in [0.29, 0.717) is 5.95 Å². The highest BCUT2D eigenvalue weighted by Gasteiger charge is 1.97. The van der Waals surface area contributed by atoms with Gasteiger partial charge in [0.1, 0.15) is 0 Å². The predicted octanol–water partition coefficient (Wildman–Crippen LogP) is -0.236. The number of hydrazine groups is 1. The lowest BCUT2D eigenvalue weighted by Gasteiger charge is -2.01. The molecule has 0 radical (unpaired) electrons. The van der Waals surface area contributed by atoms with E-state index in [1.807, 2.05) is 0 Å². The molecule has 0 saturated carbocycles. The minimum absolute atomic E-state index is 0.209. The monoisotopic (exact) mass is 183 g/mol. The van der Waals surface area contributed by atoms with Gasteiger partial charge in [0.15, 0.2) is 0 Å². The smallest absolute Gasteiger partial charge is 0.276 e. The molecule has 0 aliphatic carbocycles. The average molecular weight is 183 g/mol. The van der Waals surface area contributed by atoms with Crippen molar-refractivity contribution in [1.82, 2.24) is 20.4 Å². The molecule has 0 atom stereocenters. The zero-order chi connectivity index (χ0) is 9.52. The van der Waals surface area contributed by atoms with Gasteiger partial charge < -0.3 is 5.32 Å². The normalized spacial score (nSPS) is 9.69. The molecule has 1 heterocycles. The molecule has 0 bridgehead atoms. The summed E-state index contributed by atoms with van der Waals surface area (Å²) < 4.78 is 0. The van der Waals surface area contributed by atoms with Crippen LogP contribution in [0.3, 0.4) is 0 Å². The molecule has 4 N–H and O–H groups in total. The number of unbranched alkanes of at least 4 members (excludes halogenated alkanes) is 1. The van der Waals surface area contributed by atoms with Crippen LogP contribution in [0.4, 0.5) is 11.9 Å². The molecule has 7 heteroatoms. The first kappa shape index (κ1) is 9.59. The van der Waals surface area contributed by atoms with Crippen LogP contribution in [0, 0.1) is 0 Å². The number of nitrogens with zero attached hydrogens (tertiary/aromatic N) is 4. The van der Waals surface area contributed by atoms with Crippen molar-refractivity contribution in [2.24, 2.45) is 5.84 Å². The van der Waals surface area contributed by atoms with E-state index in [1.54, 1.807) is 0 Å². The second-order valence-corrected chi connectivity index (χ2v) is 2.47. The Labute approximate surface area is 76.1 Å². The molecule has 0 unspecified atom stereocenters. The van der Waals surface area contributed by atoms with Crippen molar-refractivity contribution in [3.05, 3.63) is 0 Å². The zero-order valence-electron chi connectivity index (χ0n) is 7.49. The number of anilines is 2. The summed E-state index contributed by atoms with van der Waals surface area (Å²) in [6, 6.07) is 0. The van der Waals surface area contributed by atoms with Crippen LogP contribution in [0.2, 0.25) is 0 Å². The Morgan fingerprint density at radius 1 is 1.15 bits per heavy atom. The van der Waals surface area contributed by atoms with E-state index < -0.39 is 0 Å². The molecule has 13 heavy (non-hydrogen) atoms. The summed E-state index contributed by atoms with van der Waals surface area (Å²) in [5, 5.41) is 17.8. The molecule has 1 rings (SSSR count). The van der Waals surface area contributed by atoms with E-state index in [9.17, 15) is 0 Å². The van der Waals surface area contributed by atoms with Gasteiger partial charge in [-0.1, -0.05) is 13.3 Å². The van der Waals surface area contributed by atoms with Gasteiger partial charge in [0.25, 0.3) is 11.9 Å². The van der Waals surface area contributed by atoms with Crippen molar-refractivity contribution in [3.8, 4) is 0 Å². The zero-order valence-corrected chi connectivity index (χ0v) is 7.49. The Hall–Kier alpha value is -1.50. The quantitative estimate of drug-likeness (QED) is 0.329. The van der Waals surface area contributed by atoms with E-state index in [-0.39, 0.29) is 5.95 Å². The van der Waals surface area contributed by atoms with Crippen LogP contribution in [-0.4, -0.2) is 26.9 Å². The fourth-order valence-corrected chi connectivity index (χ4v) is 0.735. The van der Waals surface area contributed by atoms with Gasteiger partial charge in [-0.3, -0.25) is 5.43 Å². The minimum atomic E-state index is 0.209. The average Bonchev–Trinajstić information content (AvgIpc) is 2.19. The Morgan fingerprint density at radius 2 is 1.77 bits per heavy atom. The summed E-state index contributed by atoms with van der Waals surface area (Å²) in [6.07, 6.45) is 2.19. The maximum absolute atomic E-state index is 5.05. The Balaban J connectivity index is 2.40. The molecule has 0 saturated heterocycles. The summed E-state index contributed by atoms with van der Waals surface area (Å²) in [7, 11) is 0. The summed E-state index contributed by atoms with van der Waals surface area (Å²) in [5.41, 5.74) is 2.25. The van der Waals surface area contributed by atoms with Crippen molar-refractivity contribution in [2.75, 3.05) is 17.3 Å². The van der Waals surface area contributed by atoms with Gasteiger partial charge in [0, 0.05) is 6.54 Å². The SMILES string of the molecule is CCCCNc1nnc(NN)nn1. The Morgan fingerprint density at radius 3 is 2.31 bits per heavy atom. The van der Waals surface area contributed by atoms with E-state index in [4.69, 9.17) is 5.84 Å².